The predicted octanol–water partition coefficient (Wildman–Crippen LogP) is 7.10. The number of aromatic nitrogens is 2. The number of nitrogens with one attached hydrogen (secondary N) is 1. The Kier molecular flexibility index (Phi) is 5.16. The molecule has 0 aliphatic rings. The third kappa shape index (κ3) is 3.79. The van der Waals surface area contributed by atoms with Crippen molar-refractivity contribution in [2.45, 2.75) is 0 Å². The van der Waals surface area contributed by atoms with Crippen molar-refractivity contribution in [2.24, 2.45) is 0 Å². The second kappa shape index (κ2) is 8.10. The molecule has 5 aromatic rings. The number of carbonyl (C=O) groups is 1. The molecule has 0 spiro atoms. The van der Waals surface area contributed by atoms with Crippen LogP contribution in [0.3, 0.4) is 0 Å². The minimum Gasteiger partial charge on any atom is -0.298 e. The number of carbonyl (C=O) groups excluding carboxylic acids is 1. The molecule has 1 amide bonds. The van der Waals surface area contributed by atoms with E-state index < -0.39 is 0 Å². The number of fused-ring (bicyclic) bond motifs is 1. The lowest BCUT2D eigenvalue weighted by atomic mass is 10.0. The third-order valence-corrected chi connectivity index (χ3v) is 6.98. The van der Waals surface area contributed by atoms with E-state index in [1.165, 1.54) is 11.3 Å². The zero-order valence-electron chi connectivity index (χ0n) is 15.5. The number of halogens is 1. The first kappa shape index (κ1) is 19.1. The number of anilines is 1. The van der Waals surface area contributed by atoms with Gasteiger partial charge < -0.3 is 0 Å². The van der Waals surface area contributed by atoms with Gasteiger partial charge in [0.2, 0.25) is 0 Å². The molecule has 0 aliphatic heterocycles. The van der Waals surface area contributed by atoms with Gasteiger partial charge in [-0.3, -0.25) is 10.1 Å². The van der Waals surface area contributed by atoms with Gasteiger partial charge in [-0.15, -0.1) is 22.7 Å². The van der Waals surface area contributed by atoms with Crippen LogP contribution in [0.15, 0.2) is 82.0 Å². The lowest BCUT2D eigenvalue weighted by Gasteiger charge is -2.09. The highest BCUT2D eigenvalue weighted by Crippen LogP contribution is 2.33. The number of rotatable bonds is 4. The van der Waals surface area contributed by atoms with Crippen molar-refractivity contribution in [3.8, 4) is 21.8 Å². The molecule has 7 heteroatoms. The number of benzene rings is 2. The molecule has 0 aliphatic carbocycles. The van der Waals surface area contributed by atoms with Crippen LogP contribution in [0.2, 0.25) is 0 Å². The summed E-state index contributed by atoms with van der Waals surface area (Å²) in [6.45, 7) is 0. The van der Waals surface area contributed by atoms with E-state index >= 15 is 0 Å². The molecule has 5 rings (SSSR count). The lowest BCUT2D eigenvalue weighted by Crippen LogP contribution is -2.13. The Labute approximate surface area is 189 Å². The Bertz CT molecular complexity index is 1360. The topological polar surface area (TPSA) is 54.9 Å². The highest BCUT2D eigenvalue weighted by atomic mass is 79.9. The second-order valence-electron chi connectivity index (χ2n) is 6.53. The van der Waals surface area contributed by atoms with E-state index in [1.807, 2.05) is 78.2 Å². The summed E-state index contributed by atoms with van der Waals surface area (Å²) in [4.78, 5) is 23.6. The largest absolute Gasteiger partial charge is 0.298 e. The fraction of sp³-hybridized carbons (Fsp3) is 0. The summed E-state index contributed by atoms with van der Waals surface area (Å²) in [5.41, 5.74) is 3.96. The average Bonchev–Trinajstić information content (AvgIpc) is 3.42. The Morgan fingerprint density at radius 3 is 2.50 bits per heavy atom. The van der Waals surface area contributed by atoms with Gasteiger partial charge in [0.25, 0.3) is 5.91 Å². The molecule has 30 heavy (non-hydrogen) atoms. The van der Waals surface area contributed by atoms with Crippen molar-refractivity contribution in [1.29, 1.82) is 0 Å². The molecule has 0 saturated heterocycles. The van der Waals surface area contributed by atoms with Gasteiger partial charge in [0.15, 0.2) is 5.13 Å². The number of para-hydroxylation sites is 1. The molecule has 0 bridgehead atoms. The first-order valence-corrected chi connectivity index (χ1v) is 11.6. The maximum absolute atomic E-state index is 13.2. The van der Waals surface area contributed by atoms with E-state index in [9.17, 15) is 4.79 Å². The fourth-order valence-electron chi connectivity index (χ4n) is 3.18. The standard InChI is InChI=1S/C23H14BrN3OS2/c24-21-11-10-20(30-21)19-13-29-23(26-19)27-22(28)16-12-18(14-6-2-1-3-7-14)25-17-9-5-4-8-15(16)17/h1-13H,(H,26,27,28). The Hall–Kier alpha value is -2.87. The quantitative estimate of drug-likeness (QED) is 0.291. The number of hydrogen-bond donors (Lipinski definition) is 1. The van der Waals surface area contributed by atoms with Crippen molar-refractivity contribution in [3.05, 3.63) is 87.5 Å². The van der Waals surface area contributed by atoms with Gasteiger partial charge in [-0.1, -0.05) is 48.5 Å². The summed E-state index contributed by atoms with van der Waals surface area (Å²) in [7, 11) is 0. The molecule has 0 radical (unpaired) electrons. The molecule has 146 valence electrons. The average molecular weight is 492 g/mol. The number of pyridine rings is 1. The van der Waals surface area contributed by atoms with E-state index in [0.717, 1.165) is 36.5 Å². The minimum atomic E-state index is -0.195. The van der Waals surface area contributed by atoms with Gasteiger partial charge in [0.1, 0.15) is 0 Å². The van der Waals surface area contributed by atoms with E-state index in [1.54, 1.807) is 11.3 Å². The van der Waals surface area contributed by atoms with Gasteiger partial charge in [-0.2, -0.15) is 0 Å². The van der Waals surface area contributed by atoms with Crippen molar-refractivity contribution in [1.82, 2.24) is 9.97 Å². The highest BCUT2D eigenvalue weighted by molar-refractivity contribution is 9.11. The first-order valence-electron chi connectivity index (χ1n) is 9.15. The van der Waals surface area contributed by atoms with Gasteiger partial charge in [-0.05, 0) is 40.2 Å². The molecule has 0 fully saturated rings. The van der Waals surface area contributed by atoms with Gasteiger partial charge >= 0.3 is 0 Å². The SMILES string of the molecule is O=C(Nc1nc(-c2ccc(Br)s2)cs1)c1cc(-c2ccccc2)nc2ccccc12. The number of nitrogens with zero attached hydrogens (tertiary/aromatic N) is 2. The molecule has 1 N–H and O–H groups in total. The van der Waals surface area contributed by atoms with Crippen LogP contribution in [-0.4, -0.2) is 15.9 Å². The first-order chi connectivity index (χ1) is 14.7. The Balaban J connectivity index is 1.51. The van der Waals surface area contributed by atoms with Gasteiger partial charge in [0.05, 0.1) is 31.1 Å². The number of hydrogen-bond acceptors (Lipinski definition) is 5. The minimum absolute atomic E-state index is 0.195. The van der Waals surface area contributed by atoms with E-state index in [-0.39, 0.29) is 5.91 Å². The van der Waals surface area contributed by atoms with Crippen LogP contribution in [0.5, 0.6) is 0 Å². The summed E-state index contributed by atoms with van der Waals surface area (Å²) in [6, 6.07) is 23.4. The Morgan fingerprint density at radius 2 is 1.70 bits per heavy atom. The van der Waals surface area contributed by atoms with E-state index in [4.69, 9.17) is 4.98 Å². The second-order valence-corrected chi connectivity index (χ2v) is 9.86. The molecular weight excluding hydrogens is 478 g/mol. The molecule has 2 aromatic carbocycles. The summed E-state index contributed by atoms with van der Waals surface area (Å²) >= 11 is 6.50. The summed E-state index contributed by atoms with van der Waals surface area (Å²) in [5.74, 6) is -0.195. The maximum Gasteiger partial charge on any atom is 0.258 e. The molecule has 0 unspecified atom stereocenters. The van der Waals surface area contributed by atoms with Crippen LogP contribution in [0.4, 0.5) is 5.13 Å². The molecule has 0 saturated carbocycles. The van der Waals surface area contributed by atoms with Crippen LogP contribution in [0.25, 0.3) is 32.7 Å². The number of thiazole rings is 1. The molecule has 0 atom stereocenters. The lowest BCUT2D eigenvalue weighted by molar-refractivity contribution is 0.102. The van der Waals surface area contributed by atoms with Crippen LogP contribution < -0.4 is 5.32 Å². The molecule has 3 heterocycles. The molecule has 3 aromatic heterocycles. The summed E-state index contributed by atoms with van der Waals surface area (Å²) in [6.07, 6.45) is 0. The van der Waals surface area contributed by atoms with E-state index in [0.29, 0.717) is 10.7 Å². The van der Waals surface area contributed by atoms with Crippen molar-refractivity contribution in [3.63, 3.8) is 0 Å². The van der Waals surface area contributed by atoms with Crippen LogP contribution in [-0.2, 0) is 0 Å². The van der Waals surface area contributed by atoms with Crippen molar-refractivity contribution in [2.75, 3.05) is 5.32 Å². The highest BCUT2D eigenvalue weighted by Gasteiger charge is 2.16. The van der Waals surface area contributed by atoms with Crippen LogP contribution in [0, 0.1) is 0 Å². The van der Waals surface area contributed by atoms with Gasteiger partial charge in [0, 0.05) is 16.3 Å². The van der Waals surface area contributed by atoms with Crippen LogP contribution >= 0.6 is 38.6 Å². The normalized spacial score (nSPS) is 11.0. The van der Waals surface area contributed by atoms with Crippen molar-refractivity contribution >= 4 is 60.5 Å². The third-order valence-electron chi connectivity index (χ3n) is 4.58. The fourth-order valence-corrected chi connectivity index (χ4v) is 5.31. The zero-order chi connectivity index (χ0) is 20.5. The summed E-state index contributed by atoms with van der Waals surface area (Å²) in [5, 5.41) is 6.30. The number of thiophene rings is 1. The summed E-state index contributed by atoms with van der Waals surface area (Å²) < 4.78 is 1.05. The van der Waals surface area contributed by atoms with Crippen LogP contribution in [0.1, 0.15) is 10.4 Å². The predicted molar refractivity (Wildman–Crippen MR) is 128 cm³/mol. The maximum atomic E-state index is 13.2. The number of amides is 1. The van der Waals surface area contributed by atoms with Crippen molar-refractivity contribution < 1.29 is 4.79 Å². The smallest absolute Gasteiger partial charge is 0.258 e. The monoisotopic (exact) mass is 491 g/mol. The zero-order valence-corrected chi connectivity index (χ0v) is 18.7. The molecular formula is C23H14BrN3OS2. The van der Waals surface area contributed by atoms with Gasteiger partial charge in [-0.25, -0.2) is 9.97 Å². The van der Waals surface area contributed by atoms with E-state index in [2.05, 4.69) is 26.2 Å². The Morgan fingerprint density at radius 1 is 0.900 bits per heavy atom. The molecule has 4 nitrogen and oxygen atoms in total.